The lowest BCUT2D eigenvalue weighted by Crippen LogP contribution is -2.49. The van der Waals surface area contributed by atoms with Crippen LogP contribution in [0, 0.1) is 6.92 Å². The highest BCUT2D eigenvalue weighted by Gasteiger charge is 2.26. The Balaban J connectivity index is 1.67. The van der Waals surface area contributed by atoms with E-state index in [0.717, 1.165) is 24.3 Å². The Hall–Kier alpha value is -2.96. The third-order valence-electron chi connectivity index (χ3n) is 5.37. The van der Waals surface area contributed by atoms with E-state index in [2.05, 4.69) is 4.90 Å². The molecule has 29 heavy (non-hydrogen) atoms. The molecule has 150 valence electrons. The van der Waals surface area contributed by atoms with E-state index in [1.165, 1.54) is 5.56 Å². The summed E-state index contributed by atoms with van der Waals surface area (Å²) >= 11 is 0. The van der Waals surface area contributed by atoms with Crippen molar-refractivity contribution < 1.29 is 9.90 Å². The van der Waals surface area contributed by atoms with Crippen LogP contribution in [0.25, 0.3) is 16.9 Å². The summed E-state index contributed by atoms with van der Waals surface area (Å²) in [6.45, 7) is 5.71. The first-order chi connectivity index (χ1) is 14.2. The fourth-order valence-electron chi connectivity index (χ4n) is 3.65. The molecule has 2 heterocycles. The maximum absolute atomic E-state index is 13.4. The summed E-state index contributed by atoms with van der Waals surface area (Å²) in [5.41, 5.74) is 4.36. The van der Waals surface area contributed by atoms with Crippen LogP contribution in [-0.2, 0) is 0 Å². The van der Waals surface area contributed by atoms with Gasteiger partial charge in [-0.3, -0.25) is 9.69 Å². The summed E-state index contributed by atoms with van der Waals surface area (Å²) < 4.78 is 1.78. The number of hydrogen-bond acceptors (Lipinski definition) is 4. The number of β-amino-alcohol motifs (C(OH)–C–C–N with tert-alkyl or cyclic N) is 1. The number of nitrogens with zero attached hydrogens (tertiary/aromatic N) is 4. The van der Waals surface area contributed by atoms with Gasteiger partial charge in [-0.25, -0.2) is 4.68 Å². The molecule has 0 spiro atoms. The van der Waals surface area contributed by atoms with Crippen molar-refractivity contribution in [2.45, 2.75) is 6.92 Å². The monoisotopic (exact) mass is 390 g/mol. The van der Waals surface area contributed by atoms with Crippen LogP contribution in [0.1, 0.15) is 15.9 Å². The van der Waals surface area contributed by atoms with Crippen LogP contribution in [-0.4, -0.2) is 69.9 Å². The van der Waals surface area contributed by atoms with Gasteiger partial charge in [-0.1, -0.05) is 48.0 Å². The minimum atomic E-state index is 0.00593. The second kappa shape index (κ2) is 8.59. The molecular formula is C23H26N4O2. The lowest BCUT2D eigenvalue weighted by molar-refractivity contribution is 0.0615. The van der Waals surface area contributed by atoms with Crippen LogP contribution in [0.4, 0.5) is 0 Å². The molecule has 4 rings (SSSR count). The average molecular weight is 390 g/mol. The highest BCUT2D eigenvalue weighted by molar-refractivity contribution is 6.00. The molecule has 3 aromatic rings. The van der Waals surface area contributed by atoms with Gasteiger partial charge in [-0.15, -0.1) is 0 Å². The lowest BCUT2D eigenvalue weighted by Gasteiger charge is -2.34. The van der Waals surface area contributed by atoms with Crippen molar-refractivity contribution in [3.8, 4) is 16.9 Å². The van der Waals surface area contributed by atoms with Crippen molar-refractivity contribution >= 4 is 5.91 Å². The molecule has 6 heteroatoms. The molecule has 1 N–H and O–H groups in total. The first-order valence-electron chi connectivity index (χ1n) is 10.0. The van der Waals surface area contributed by atoms with Crippen molar-refractivity contribution in [2.75, 3.05) is 39.3 Å². The molecule has 1 saturated heterocycles. The Bertz CT molecular complexity index is 958. The molecule has 1 aliphatic heterocycles. The Morgan fingerprint density at radius 1 is 1.00 bits per heavy atom. The summed E-state index contributed by atoms with van der Waals surface area (Å²) in [4.78, 5) is 17.4. The van der Waals surface area contributed by atoms with Gasteiger partial charge in [-0.05, 0) is 19.1 Å². The van der Waals surface area contributed by atoms with Crippen LogP contribution < -0.4 is 0 Å². The first-order valence-corrected chi connectivity index (χ1v) is 10.0. The molecule has 2 aromatic carbocycles. The minimum absolute atomic E-state index is 0.00593. The zero-order valence-electron chi connectivity index (χ0n) is 16.7. The molecule has 1 amide bonds. The quantitative estimate of drug-likeness (QED) is 0.728. The number of amides is 1. The van der Waals surface area contributed by atoms with Gasteiger partial charge in [0, 0.05) is 44.5 Å². The van der Waals surface area contributed by atoms with E-state index in [0.29, 0.717) is 30.9 Å². The number of para-hydroxylation sites is 1. The number of carbonyl (C=O) groups is 1. The van der Waals surface area contributed by atoms with Crippen LogP contribution in [0.3, 0.4) is 0 Å². The normalized spacial score (nSPS) is 14.9. The smallest absolute Gasteiger partial charge is 0.257 e. The number of aliphatic hydroxyl groups is 1. The zero-order chi connectivity index (χ0) is 20.2. The Morgan fingerprint density at radius 2 is 1.69 bits per heavy atom. The van der Waals surface area contributed by atoms with E-state index in [1.54, 1.807) is 4.68 Å². The molecule has 6 nitrogen and oxygen atoms in total. The summed E-state index contributed by atoms with van der Waals surface area (Å²) in [5.74, 6) is 0.00593. The van der Waals surface area contributed by atoms with Gasteiger partial charge in [0.2, 0.25) is 0 Å². The van der Waals surface area contributed by atoms with Crippen molar-refractivity contribution in [3.05, 3.63) is 71.9 Å². The predicted octanol–water partition coefficient (Wildman–Crippen LogP) is 2.60. The van der Waals surface area contributed by atoms with Gasteiger partial charge < -0.3 is 10.0 Å². The van der Waals surface area contributed by atoms with E-state index in [4.69, 9.17) is 10.2 Å². The van der Waals surface area contributed by atoms with Crippen LogP contribution in [0.15, 0.2) is 60.8 Å². The highest BCUT2D eigenvalue weighted by atomic mass is 16.3. The number of aliphatic hydroxyl groups excluding tert-OH is 1. The van der Waals surface area contributed by atoms with Gasteiger partial charge in [0.1, 0.15) is 5.69 Å². The Morgan fingerprint density at radius 3 is 2.34 bits per heavy atom. The van der Waals surface area contributed by atoms with E-state index in [1.807, 2.05) is 72.6 Å². The minimum Gasteiger partial charge on any atom is -0.395 e. The highest BCUT2D eigenvalue weighted by Crippen LogP contribution is 2.26. The second-order valence-corrected chi connectivity index (χ2v) is 7.39. The van der Waals surface area contributed by atoms with E-state index >= 15 is 0 Å². The number of benzene rings is 2. The number of rotatable bonds is 5. The fourth-order valence-corrected chi connectivity index (χ4v) is 3.65. The first kappa shape index (κ1) is 19.4. The summed E-state index contributed by atoms with van der Waals surface area (Å²) in [5, 5.41) is 13.9. The second-order valence-electron chi connectivity index (χ2n) is 7.39. The van der Waals surface area contributed by atoms with Gasteiger partial charge in [0.15, 0.2) is 0 Å². The Kier molecular flexibility index (Phi) is 5.74. The summed E-state index contributed by atoms with van der Waals surface area (Å²) in [6.07, 6.45) is 1.84. The van der Waals surface area contributed by atoms with Gasteiger partial charge in [0.05, 0.1) is 17.9 Å². The fraction of sp³-hybridized carbons (Fsp3) is 0.304. The molecule has 0 unspecified atom stereocenters. The SMILES string of the molecule is Cc1ccc(-c2nn(-c3ccccc3)cc2C(=O)N2CCN(CCO)CC2)cc1. The van der Waals surface area contributed by atoms with Gasteiger partial charge in [-0.2, -0.15) is 5.10 Å². The van der Waals surface area contributed by atoms with Crippen molar-refractivity contribution in [2.24, 2.45) is 0 Å². The van der Waals surface area contributed by atoms with E-state index < -0.39 is 0 Å². The topological polar surface area (TPSA) is 61.6 Å². The lowest BCUT2D eigenvalue weighted by atomic mass is 10.1. The molecular weight excluding hydrogens is 364 g/mol. The number of carbonyl (C=O) groups excluding carboxylic acids is 1. The molecule has 0 bridgehead atoms. The third kappa shape index (κ3) is 4.23. The molecule has 0 aliphatic carbocycles. The number of hydrogen-bond donors (Lipinski definition) is 1. The maximum atomic E-state index is 13.4. The van der Waals surface area contributed by atoms with Gasteiger partial charge in [0.25, 0.3) is 5.91 Å². The maximum Gasteiger partial charge on any atom is 0.257 e. The van der Waals surface area contributed by atoms with Crippen molar-refractivity contribution in [1.29, 1.82) is 0 Å². The number of aromatic nitrogens is 2. The van der Waals surface area contributed by atoms with Crippen molar-refractivity contribution in [1.82, 2.24) is 19.6 Å². The largest absolute Gasteiger partial charge is 0.395 e. The molecule has 1 fully saturated rings. The number of aryl methyl sites for hydroxylation is 1. The molecule has 1 aromatic heterocycles. The van der Waals surface area contributed by atoms with E-state index in [9.17, 15) is 4.79 Å². The number of piperazine rings is 1. The standard InChI is InChI=1S/C23H26N4O2/c1-18-7-9-19(10-8-18)22-21(17-27(24-22)20-5-3-2-4-6-20)23(29)26-13-11-25(12-14-26)15-16-28/h2-10,17,28H,11-16H2,1H3. The third-order valence-corrected chi connectivity index (χ3v) is 5.37. The van der Waals surface area contributed by atoms with Crippen molar-refractivity contribution in [3.63, 3.8) is 0 Å². The van der Waals surface area contributed by atoms with E-state index in [-0.39, 0.29) is 12.5 Å². The Labute approximate surface area is 171 Å². The molecule has 1 aliphatic rings. The average Bonchev–Trinajstić information content (AvgIpc) is 3.21. The van der Waals surface area contributed by atoms with Crippen LogP contribution >= 0.6 is 0 Å². The predicted molar refractivity (Wildman–Crippen MR) is 113 cm³/mol. The van der Waals surface area contributed by atoms with Crippen LogP contribution in [0.5, 0.6) is 0 Å². The summed E-state index contributed by atoms with van der Waals surface area (Å²) in [7, 11) is 0. The van der Waals surface area contributed by atoms with Crippen LogP contribution in [0.2, 0.25) is 0 Å². The molecule has 0 atom stereocenters. The summed E-state index contributed by atoms with van der Waals surface area (Å²) in [6, 6.07) is 18.0. The molecule has 0 saturated carbocycles. The molecule has 0 radical (unpaired) electrons. The zero-order valence-corrected chi connectivity index (χ0v) is 16.7. The van der Waals surface area contributed by atoms with Gasteiger partial charge >= 0.3 is 0 Å².